The molecule has 2 aliphatic rings. The molecule has 86 valence electrons. The molecular weight excluding hydrogens is 196 g/mol. The van der Waals surface area contributed by atoms with E-state index in [0.29, 0.717) is 6.42 Å². The third-order valence-corrected chi connectivity index (χ3v) is 3.44. The summed E-state index contributed by atoms with van der Waals surface area (Å²) in [6, 6.07) is 0. The maximum atomic E-state index is 11.1. The van der Waals surface area contributed by atoms with Crippen LogP contribution >= 0.6 is 0 Å². The lowest BCUT2D eigenvalue weighted by atomic mass is 9.86. The summed E-state index contributed by atoms with van der Waals surface area (Å²) < 4.78 is 17.0. The number of hydrogen-bond acceptors (Lipinski definition) is 4. The Morgan fingerprint density at radius 1 is 1.27 bits per heavy atom. The van der Waals surface area contributed by atoms with Gasteiger partial charge in [0.25, 0.3) is 0 Å². The first-order valence-corrected chi connectivity index (χ1v) is 5.44. The molecule has 0 N–H and O–H groups in total. The van der Waals surface area contributed by atoms with Gasteiger partial charge in [-0.3, -0.25) is 0 Å². The first-order chi connectivity index (χ1) is 6.94. The zero-order valence-corrected chi connectivity index (χ0v) is 9.65. The van der Waals surface area contributed by atoms with E-state index in [-0.39, 0.29) is 12.0 Å². The van der Waals surface area contributed by atoms with Crippen molar-refractivity contribution in [1.82, 2.24) is 0 Å². The van der Waals surface area contributed by atoms with E-state index >= 15 is 0 Å². The highest BCUT2D eigenvalue weighted by Gasteiger charge is 2.59. The van der Waals surface area contributed by atoms with Crippen molar-refractivity contribution in [2.75, 3.05) is 0 Å². The maximum absolute atomic E-state index is 11.1. The molecule has 2 aliphatic heterocycles. The number of carbonyl (C=O) groups is 1. The van der Waals surface area contributed by atoms with Crippen molar-refractivity contribution in [3.8, 4) is 0 Å². The molecule has 2 saturated heterocycles. The Morgan fingerprint density at radius 2 is 1.93 bits per heavy atom. The Hall–Kier alpha value is -0.450. The van der Waals surface area contributed by atoms with Crippen molar-refractivity contribution in [2.24, 2.45) is 5.92 Å². The molecule has 2 rings (SSSR count). The fourth-order valence-electron chi connectivity index (χ4n) is 2.41. The van der Waals surface area contributed by atoms with Gasteiger partial charge in [-0.1, -0.05) is 13.8 Å². The molecule has 0 aromatic carbocycles. The predicted molar refractivity (Wildman–Crippen MR) is 53.2 cm³/mol. The third kappa shape index (κ3) is 1.51. The molecular formula is C11H18O4. The van der Waals surface area contributed by atoms with Crippen LogP contribution < -0.4 is 0 Å². The molecule has 2 fully saturated rings. The highest BCUT2D eigenvalue weighted by Crippen LogP contribution is 2.46. The van der Waals surface area contributed by atoms with Crippen molar-refractivity contribution in [3.05, 3.63) is 0 Å². The van der Waals surface area contributed by atoms with E-state index in [1.807, 2.05) is 27.7 Å². The topological polar surface area (TPSA) is 44.8 Å². The zero-order chi connectivity index (χ0) is 11.3. The summed E-state index contributed by atoms with van der Waals surface area (Å²) in [5.74, 6) is -0.571. The molecule has 0 aromatic rings. The normalized spacial score (nSPS) is 47.9. The van der Waals surface area contributed by atoms with Crippen molar-refractivity contribution >= 4 is 6.29 Å². The van der Waals surface area contributed by atoms with Crippen LogP contribution in [0.1, 0.15) is 34.1 Å². The van der Waals surface area contributed by atoms with Gasteiger partial charge < -0.3 is 19.0 Å². The van der Waals surface area contributed by atoms with Gasteiger partial charge in [0, 0.05) is 5.92 Å². The number of aldehydes is 1. The lowest BCUT2D eigenvalue weighted by Gasteiger charge is -2.29. The van der Waals surface area contributed by atoms with Crippen LogP contribution in [0.2, 0.25) is 0 Å². The minimum Gasteiger partial charge on any atom is -0.341 e. The second-order valence-electron chi connectivity index (χ2n) is 4.80. The summed E-state index contributed by atoms with van der Waals surface area (Å²) in [5.41, 5.74) is -0.730. The van der Waals surface area contributed by atoms with Crippen LogP contribution in [-0.4, -0.2) is 30.1 Å². The average molecular weight is 214 g/mol. The monoisotopic (exact) mass is 214 g/mol. The molecule has 0 amide bonds. The molecule has 4 atom stereocenters. The van der Waals surface area contributed by atoms with E-state index in [2.05, 4.69) is 0 Å². The molecule has 4 nitrogen and oxygen atoms in total. The fourth-order valence-corrected chi connectivity index (χ4v) is 2.41. The number of carbonyl (C=O) groups excluding carboxylic acids is 1. The van der Waals surface area contributed by atoms with Gasteiger partial charge >= 0.3 is 0 Å². The molecule has 4 heteroatoms. The van der Waals surface area contributed by atoms with Gasteiger partial charge in [0.15, 0.2) is 18.4 Å². The summed E-state index contributed by atoms with van der Waals surface area (Å²) in [7, 11) is 0. The smallest absolute Gasteiger partial charge is 0.188 e. The second kappa shape index (κ2) is 3.27. The van der Waals surface area contributed by atoms with Crippen molar-refractivity contribution in [3.63, 3.8) is 0 Å². The average Bonchev–Trinajstić information content (AvgIpc) is 2.59. The first-order valence-electron chi connectivity index (χ1n) is 5.44. The van der Waals surface area contributed by atoms with Gasteiger partial charge in [-0.25, -0.2) is 0 Å². The van der Waals surface area contributed by atoms with Crippen molar-refractivity contribution in [1.29, 1.82) is 0 Å². The van der Waals surface area contributed by atoms with E-state index in [1.165, 1.54) is 0 Å². The lowest BCUT2D eigenvalue weighted by Crippen LogP contribution is -2.40. The quantitative estimate of drug-likeness (QED) is 0.653. The molecule has 4 unspecified atom stereocenters. The molecule has 0 saturated carbocycles. The summed E-state index contributed by atoms with van der Waals surface area (Å²) in [6.45, 7) is 7.64. The van der Waals surface area contributed by atoms with Gasteiger partial charge in [-0.05, 0) is 20.3 Å². The van der Waals surface area contributed by atoms with Crippen LogP contribution in [0.15, 0.2) is 0 Å². The molecule has 0 radical (unpaired) electrons. The van der Waals surface area contributed by atoms with Crippen LogP contribution in [0.25, 0.3) is 0 Å². The molecule has 0 aromatic heterocycles. The van der Waals surface area contributed by atoms with E-state index in [9.17, 15) is 4.79 Å². The first kappa shape index (κ1) is 11.0. The second-order valence-corrected chi connectivity index (χ2v) is 4.80. The fraction of sp³-hybridized carbons (Fsp3) is 0.909. The van der Waals surface area contributed by atoms with Crippen LogP contribution in [0.3, 0.4) is 0 Å². The van der Waals surface area contributed by atoms with Crippen LogP contribution in [0.4, 0.5) is 0 Å². The van der Waals surface area contributed by atoms with Crippen molar-refractivity contribution in [2.45, 2.75) is 57.9 Å². The summed E-state index contributed by atoms with van der Waals surface area (Å²) in [5, 5.41) is 0. The highest BCUT2D eigenvalue weighted by atomic mass is 16.8. The maximum Gasteiger partial charge on any atom is 0.188 e. The largest absolute Gasteiger partial charge is 0.341 e. The Morgan fingerprint density at radius 3 is 2.40 bits per heavy atom. The zero-order valence-electron chi connectivity index (χ0n) is 9.65. The number of ether oxygens (including phenoxy) is 3. The Labute approximate surface area is 89.9 Å². The van der Waals surface area contributed by atoms with Crippen LogP contribution in [0, 0.1) is 5.92 Å². The Kier molecular flexibility index (Phi) is 2.41. The van der Waals surface area contributed by atoms with Crippen LogP contribution in [0.5, 0.6) is 0 Å². The molecule has 0 bridgehead atoms. The van der Waals surface area contributed by atoms with Crippen molar-refractivity contribution < 1.29 is 19.0 Å². The Bertz CT molecular complexity index is 276. The third-order valence-electron chi connectivity index (χ3n) is 3.44. The van der Waals surface area contributed by atoms with Gasteiger partial charge in [0.05, 0.1) is 0 Å². The Balaban J connectivity index is 2.21. The van der Waals surface area contributed by atoms with Gasteiger partial charge in [-0.2, -0.15) is 0 Å². The van der Waals surface area contributed by atoms with E-state index in [4.69, 9.17) is 14.2 Å². The molecule has 15 heavy (non-hydrogen) atoms. The predicted octanol–water partition coefficient (Wildman–Crippen LogP) is 1.48. The summed E-state index contributed by atoms with van der Waals surface area (Å²) in [4.78, 5) is 11.1. The van der Waals surface area contributed by atoms with Crippen LogP contribution in [-0.2, 0) is 19.0 Å². The molecule has 0 spiro atoms. The number of hydrogen-bond donors (Lipinski definition) is 0. The van der Waals surface area contributed by atoms with Gasteiger partial charge in [-0.15, -0.1) is 0 Å². The summed E-state index contributed by atoms with van der Waals surface area (Å²) >= 11 is 0. The van der Waals surface area contributed by atoms with Gasteiger partial charge in [0.1, 0.15) is 11.7 Å². The van der Waals surface area contributed by atoms with E-state index in [0.717, 1.165) is 6.29 Å². The number of fused-ring (bicyclic) bond motifs is 1. The molecule has 0 aliphatic carbocycles. The number of rotatable bonds is 2. The minimum atomic E-state index is -0.730. The molecule has 2 heterocycles. The minimum absolute atomic E-state index is 0.0341. The lowest BCUT2D eigenvalue weighted by molar-refractivity contribution is -0.226. The van der Waals surface area contributed by atoms with Gasteiger partial charge in [0.2, 0.25) is 0 Å². The highest BCUT2D eigenvalue weighted by molar-refractivity contribution is 5.64. The standard InChI is InChI=1S/C11H18O4/c1-5-11(6-12)7(2)8-9(15-11)14-10(3,4)13-8/h6-9H,5H2,1-4H3. The SMILES string of the molecule is CCC1(C=O)OC2OC(C)(C)OC2C1C. The summed E-state index contributed by atoms with van der Waals surface area (Å²) in [6.07, 6.45) is 0.998. The van der Waals surface area contributed by atoms with E-state index in [1.54, 1.807) is 0 Å². The van der Waals surface area contributed by atoms with E-state index < -0.39 is 17.7 Å².